The van der Waals surface area contributed by atoms with Crippen LogP contribution in [0, 0.1) is 0 Å². The van der Waals surface area contributed by atoms with Gasteiger partial charge in [-0.2, -0.15) is 0 Å². The minimum atomic E-state index is -2.18. The average molecular weight is 552 g/mol. The first-order valence-corrected chi connectivity index (χ1v) is 12.7. The molecule has 3 heterocycles. The van der Waals surface area contributed by atoms with Gasteiger partial charge in [-0.05, 0) is 12.1 Å². The number of hydrogen-bond donors (Lipinski definition) is 8. The highest BCUT2D eigenvalue weighted by atomic mass is 16.5. The normalized spacial score (nSPS) is 24.1. The number of benzene rings is 2. The van der Waals surface area contributed by atoms with Crippen LogP contribution >= 0.6 is 0 Å². The van der Waals surface area contributed by atoms with Gasteiger partial charge in [-0.15, -0.1) is 0 Å². The van der Waals surface area contributed by atoms with Crippen molar-refractivity contribution in [1.29, 1.82) is 0 Å². The molecule has 3 aliphatic heterocycles. The van der Waals surface area contributed by atoms with E-state index in [1.54, 1.807) is 53.1 Å². The van der Waals surface area contributed by atoms with Gasteiger partial charge in [0, 0.05) is 36.2 Å². The van der Waals surface area contributed by atoms with E-state index < -0.39 is 29.6 Å². The Morgan fingerprint density at radius 2 is 1.65 bits per heavy atom. The first-order chi connectivity index (χ1) is 19.1. The van der Waals surface area contributed by atoms with Crippen molar-refractivity contribution in [3.05, 3.63) is 71.3 Å². The largest absolute Gasteiger partial charge is 0.446 e. The molecule has 1 spiro atoms. The molecule has 2 unspecified atom stereocenters. The molecule has 1 saturated heterocycles. The molecule has 10 N–H and O–H groups in total. The second-order valence-corrected chi connectivity index (χ2v) is 9.76. The van der Waals surface area contributed by atoms with Gasteiger partial charge in [0.1, 0.15) is 12.6 Å². The van der Waals surface area contributed by atoms with E-state index in [1.165, 1.54) is 0 Å². The Hall–Kier alpha value is -4.69. The van der Waals surface area contributed by atoms with Crippen molar-refractivity contribution in [3.63, 3.8) is 0 Å². The van der Waals surface area contributed by atoms with E-state index in [1.807, 2.05) is 6.07 Å². The molecule has 5 rings (SSSR count). The number of nitrogens with zero attached hydrogens (tertiary/aromatic N) is 2. The maximum Gasteiger partial charge on any atom is 0.407 e. The fraction of sp³-hybridized carbons (Fsp3) is 0.346. The monoisotopic (exact) mass is 551 g/mol. The van der Waals surface area contributed by atoms with Gasteiger partial charge in [0.2, 0.25) is 11.4 Å². The number of nitrogens with one attached hydrogen (secondary N) is 4. The maximum atomic E-state index is 12.5. The molecule has 14 nitrogen and oxygen atoms in total. The Kier molecular flexibility index (Phi) is 7.04. The molecule has 14 heteroatoms. The van der Waals surface area contributed by atoms with Crippen molar-refractivity contribution in [2.75, 3.05) is 26.2 Å². The number of alkyl carbamates (subject to hydrolysis) is 1. The summed E-state index contributed by atoms with van der Waals surface area (Å²) < 4.78 is 6.87. The number of aliphatic hydroxyl groups is 2. The Labute approximate surface area is 229 Å². The summed E-state index contributed by atoms with van der Waals surface area (Å²) in [5.74, 6) is -2.48. The molecule has 3 atom stereocenters. The van der Waals surface area contributed by atoms with Gasteiger partial charge in [0.15, 0.2) is 17.8 Å². The number of amides is 2. The van der Waals surface area contributed by atoms with Crippen molar-refractivity contribution in [1.82, 2.24) is 21.3 Å². The molecule has 2 amide bonds. The highest BCUT2D eigenvalue weighted by Gasteiger charge is 2.71. The Morgan fingerprint density at radius 3 is 2.38 bits per heavy atom. The molecule has 2 aromatic carbocycles. The lowest BCUT2D eigenvalue weighted by molar-refractivity contribution is -0.623. The summed E-state index contributed by atoms with van der Waals surface area (Å²) in [7, 11) is 0. The highest BCUT2D eigenvalue weighted by molar-refractivity contribution is 6.09. The summed E-state index contributed by atoms with van der Waals surface area (Å²) in [5.41, 5.74) is 11.9. The minimum absolute atomic E-state index is 0.0113. The molecule has 0 radical (unpaired) electrons. The zero-order valence-electron chi connectivity index (χ0n) is 21.5. The maximum absolute atomic E-state index is 12.5. The number of ketones is 1. The molecule has 210 valence electrons. The van der Waals surface area contributed by atoms with Crippen LogP contribution in [-0.2, 0) is 4.74 Å². The number of ether oxygens (including phenoxy) is 1. The number of nitrogens with two attached hydrogens (primary N) is 2. The fourth-order valence-electron chi connectivity index (χ4n) is 5.32. The van der Waals surface area contributed by atoms with E-state index in [0.717, 1.165) is 0 Å². The molecule has 2 aromatic rings. The third-order valence-electron chi connectivity index (χ3n) is 7.27. The van der Waals surface area contributed by atoms with Gasteiger partial charge in [0.05, 0.1) is 6.54 Å². The lowest BCUT2D eigenvalue weighted by Gasteiger charge is -2.42. The zero-order chi connectivity index (χ0) is 28.5. The van der Waals surface area contributed by atoms with Gasteiger partial charge >= 0.3 is 12.1 Å². The topological polar surface area (TPSA) is 216 Å². The second-order valence-electron chi connectivity index (χ2n) is 9.76. The first kappa shape index (κ1) is 26.9. The highest BCUT2D eigenvalue weighted by Crippen LogP contribution is 2.40. The van der Waals surface area contributed by atoms with Crippen LogP contribution in [0.2, 0.25) is 0 Å². The van der Waals surface area contributed by atoms with Crippen molar-refractivity contribution < 1.29 is 33.9 Å². The van der Waals surface area contributed by atoms with Crippen LogP contribution in [0.1, 0.15) is 32.7 Å². The van der Waals surface area contributed by atoms with Crippen molar-refractivity contribution in [3.8, 4) is 0 Å². The summed E-state index contributed by atoms with van der Waals surface area (Å²) in [6, 6.07) is 13.7. The van der Waals surface area contributed by atoms with E-state index >= 15 is 0 Å². The molecule has 0 saturated carbocycles. The van der Waals surface area contributed by atoms with Crippen LogP contribution < -0.4 is 32.7 Å². The predicted octanol–water partition coefficient (Wildman–Crippen LogP) is -2.26. The van der Waals surface area contributed by atoms with Crippen LogP contribution in [0.3, 0.4) is 0 Å². The van der Waals surface area contributed by atoms with Gasteiger partial charge in [-0.25, -0.2) is 14.4 Å². The quantitative estimate of drug-likeness (QED) is 0.0762. The van der Waals surface area contributed by atoms with Crippen LogP contribution in [0.25, 0.3) is 0 Å². The lowest BCUT2D eigenvalue weighted by atomic mass is 9.87. The minimum Gasteiger partial charge on any atom is -0.446 e. The van der Waals surface area contributed by atoms with Gasteiger partial charge in [-0.1, -0.05) is 42.5 Å². The molecule has 40 heavy (non-hydrogen) atoms. The van der Waals surface area contributed by atoms with E-state index in [0.29, 0.717) is 16.7 Å². The summed E-state index contributed by atoms with van der Waals surface area (Å²) in [6.07, 6.45) is -0.735. The third kappa shape index (κ3) is 4.78. The molecular weight excluding hydrogens is 520 g/mol. The molecule has 0 bridgehead atoms. The predicted molar refractivity (Wildman–Crippen MR) is 142 cm³/mol. The number of aliphatic imine (C=N–C) groups is 1. The Morgan fingerprint density at radius 1 is 1.00 bits per heavy atom. The van der Waals surface area contributed by atoms with Crippen molar-refractivity contribution >= 4 is 29.7 Å². The van der Waals surface area contributed by atoms with Crippen LogP contribution in [0.4, 0.5) is 4.79 Å². The van der Waals surface area contributed by atoms with E-state index in [4.69, 9.17) is 16.2 Å². The number of rotatable bonds is 8. The van der Waals surface area contributed by atoms with Gasteiger partial charge in [0.25, 0.3) is 5.91 Å². The van der Waals surface area contributed by atoms with Crippen molar-refractivity contribution in [2.24, 2.45) is 16.5 Å². The van der Waals surface area contributed by atoms with E-state index in [9.17, 15) is 24.6 Å². The zero-order valence-corrected chi connectivity index (χ0v) is 21.5. The number of guanidine groups is 2. The molecule has 0 aromatic heterocycles. The Balaban J connectivity index is 1.08. The standard InChI is InChI=1S/C26H30N8O6/c27-22-32-20-18(31-23(28)34-13-10-25(38,39)26(20,34)33-22)14-40-24(37)30-12-11-29-21(36)17-8-6-16(7-9-17)19(35)15-4-2-1-3-5-15/h1-9,18,20,38-39H,10-14H2,(H7,27,28,29,30,31,32,33,36,37)/p+1/t18-,20?,26?/m0/s1. The summed E-state index contributed by atoms with van der Waals surface area (Å²) >= 11 is 0. The number of carbonyl (C=O) groups is 3. The molecule has 1 fully saturated rings. The van der Waals surface area contributed by atoms with Crippen LogP contribution in [-0.4, -0.2) is 94.3 Å². The average Bonchev–Trinajstić information content (AvgIpc) is 3.45. The van der Waals surface area contributed by atoms with E-state index in [-0.39, 0.29) is 56.3 Å². The Bertz CT molecular complexity index is 1380. The SMILES string of the molecule is NC1=NC2[C@H](COC(=O)NCCNC(=O)c3ccc(C(=O)c4ccccc4)cc3)NC(N)=[N+]3CCC(O)(O)C23N1. The summed E-state index contributed by atoms with van der Waals surface area (Å²) in [5, 5.41) is 32.5. The van der Waals surface area contributed by atoms with Gasteiger partial charge in [-0.3, -0.25) is 20.6 Å². The third-order valence-corrected chi connectivity index (χ3v) is 7.27. The number of carbonyl (C=O) groups excluding carboxylic acids is 3. The molecule has 0 aliphatic carbocycles. The second kappa shape index (κ2) is 10.5. The van der Waals surface area contributed by atoms with E-state index in [2.05, 4.69) is 26.3 Å². The van der Waals surface area contributed by atoms with Crippen LogP contribution in [0.5, 0.6) is 0 Å². The first-order valence-electron chi connectivity index (χ1n) is 12.7. The smallest absolute Gasteiger partial charge is 0.407 e. The number of hydrogen-bond acceptors (Lipinski definition) is 11. The molecular formula is C26H31N8O6+. The van der Waals surface area contributed by atoms with Gasteiger partial charge < -0.3 is 36.6 Å². The fourth-order valence-corrected chi connectivity index (χ4v) is 5.32. The molecule has 3 aliphatic rings. The summed E-state index contributed by atoms with van der Waals surface area (Å²) in [4.78, 5) is 41.5. The summed E-state index contributed by atoms with van der Waals surface area (Å²) in [6.45, 7) is 0.283. The lowest BCUT2D eigenvalue weighted by Crippen LogP contribution is -2.77. The van der Waals surface area contributed by atoms with Crippen molar-refractivity contribution in [2.45, 2.75) is 30.0 Å². The van der Waals surface area contributed by atoms with Crippen LogP contribution in [0.15, 0.2) is 59.6 Å².